The van der Waals surface area contributed by atoms with Crippen LogP contribution in [0.1, 0.15) is 25.8 Å². The Bertz CT molecular complexity index is 340. The first kappa shape index (κ1) is 15.2. The highest BCUT2D eigenvalue weighted by atomic mass is 16.3. The minimum absolute atomic E-state index is 0.239. The van der Waals surface area contributed by atoms with Crippen LogP contribution in [0, 0.1) is 5.92 Å². The van der Waals surface area contributed by atoms with Crippen molar-refractivity contribution in [3.05, 3.63) is 35.9 Å². The summed E-state index contributed by atoms with van der Waals surface area (Å²) in [5, 5.41) is 10.7. The average molecular weight is 250 g/mol. The van der Waals surface area contributed by atoms with Gasteiger partial charge in [-0.05, 0) is 31.5 Å². The van der Waals surface area contributed by atoms with E-state index in [1.807, 2.05) is 37.4 Å². The van der Waals surface area contributed by atoms with Gasteiger partial charge in [-0.2, -0.15) is 0 Å². The standard InChI is InChI=1S/C15H26N2O/c1-13(2)9-10-17(3)12-15(18,11-16)14-7-5-4-6-8-14/h4-8,13,18H,9-12,16H2,1-3H3. The van der Waals surface area contributed by atoms with Gasteiger partial charge in [0.15, 0.2) is 0 Å². The molecule has 0 aromatic heterocycles. The highest BCUT2D eigenvalue weighted by Crippen LogP contribution is 2.21. The molecule has 0 saturated carbocycles. The minimum Gasteiger partial charge on any atom is -0.382 e. The van der Waals surface area contributed by atoms with Crippen LogP contribution < -0.4 is 5.73 Å². The number of nitrogens with two attached hydrogens (primary N) is 1. The molecular formula is C15H26N2O. The van der Waals surface area contributed by atoms with E-state index in [0.717, 1.165) is 18.5 Å². The van der Waals surface area contributed by atoms with Crippen LogP contribution in [0.2, 0.25) is 0 Å². The summed E-state index contributed by atoms with van der Waals surface area (Å²) in [6, 6.07) is 9.68. The lowest BCUT2D eigenvalue weighted by Crippen LogP contribution is -2.45. The van der Waals surface area contributed by atoms with Crippen LogP contribution in [0.15, 0.2) is 30.3 Å². The van der Waals surface area contributed by atoms with Gasteiger partial charge >= 0.3 is 0 Å². The maximum atomic E-state index is 10.7. The van der Waals surface area contributed by atoms with E-state index in [9.17, 15) is 5.11 Å². The highest BCUT2D eigenvalue weighted by Gasteiger charge is 2.28. The number of hydrogen-bond acceptors (Lipinski definition) is 3. The van der Waals surface area contributed by atoms with Crippen molar-refractivity contribution in [2.24, 2.45) is 11.7 Å². The molecule has 1 rings (SSSR count). The second-order valence-electron chi connectivity index (χ2n) is 5.52. The SMILES string of the molecule is CC(C)CCN(C)CC(O)(CN)c1ccccc1. The fraction of sp³-hybridized carbons (Fsp3) is 0.600. The van der Waals surface area contributed by atoms with Crippen LogP contribution in [0.3, 0.4) is 0 Å². The molecule has 0 aliphatic heterocycles. The largest absolute Gasteiger partial charge is 0.382 e. The highest BCUT2D eigenvalue weighted by molar-refractivity contribution is 5.23. The van der Waals surface area contributed by atoms with Crippen molar-refractivity contribution in [3.63, 3.8) is 0 Å². The predicted molar refractivity (Wildman–Crippen MR) is 76.3 cm³/mol. The Morgan fingerprint density at radius 1 is 1.28 bits per heavy atom. The van der Waals surface area contributed by atoms with E-state index in [2.05, 4.69) is 18.7 Å². The summed E-state index contributed by atoms with van der Waals surface area (Å²) in [5.74, 6) is 0.676. The molecule has 3 heteroatoms. The summed E-state index contributed by atoms with van der Waals surface area (Å²) < 4.78 is 0. The molecule has 1 aromatic carbocycles. The van der Waals surface area contributed by atoms with Crippen LogP contribution in [-0.4, -0.2) is 36.7 Å². The smallest absolute Gasteiger partial charge is 0.114 e. The van der Waals surface area contributed by atoms with E-state index in [1.54, 1.807) is 0 Å². The Hall–Kier alpha value is -0.900. The van der Waals surface area contributed by atoms with Gasteiger partial charge in [0, 0.05) is 13.1 Å². The van der Waals surface area contributed by atoms with Crippen molar-refractivity contribution < 1.29 is 5.11 Å². The summed E-state index contributed by atoms with van der Waals surface area (Å²) >= 11 is 0. The first-order valence-corrected chi connectivity index (χ1v) is 6.64. The third-order valence-electron chi connectivity index (χ3n) is 3.27. The van der Waals surface area contributed by atoms with Gasteiger partial charge in [0.1, 0.15) is 5.60 Å². The Morgan fingerprint density at radius 3 is 2.39 bits per heavy atom. The number of aliphatic hydroxyl groups is 1. The van der Waals surface area contributed by atoms with Gasteiger partial charge in [-0.1, -0.05) is 44.2 Å². The fourth-order valence-electron chi connectivity index (χ4n) is 2.03. The number of nitrogens with zero attached hydrogens (tertiary/aromatic N) is 1. The first-order valence-electron chi connectivity index (χ1n) is 6.64. The zero-order valence-electron chi connectivity index (χ0n) is 11.8. The molecule has 3 N–H and O–H groups in total. The van der Waals surface area contributed by atoms with Crippen molar-refractivity contribution in [1.29, 1.82) is 0 Å². The number of likely N-dealkylation sites (N-methyl/N-ethyl adjacent to an activating group) is 1. The van der Waals surface area contributed by atoms with Gasteiger partial charge in [0.05, 0.1) is 0 Å². The van der Waals surface area contributed by atoms with Crippen LogP contribution in [-0.2, 0) is 5.60 Å². The monoisotopic (exact) mass is 250 g/mol. The van der Waals surface area contributed by atoms with Crippen molar-refractivity contribution in [2.45, 2.75) is 25.9 Å². The summed E-state index contributed by atoms with van der Waals surface area (Å²) in [7, 11) is 2.03. The van der Waals surface area contributed by atoms with Gasteiger partial charge in [-0.15, -0.1) is 0 Å². The molecule has 0 aliphatic carbocycles. The molecule has 1 aromatic rings. The molecule has 3 nitrogen and oxygen atoms in total. The van der Waals surface area contributed by atoms with Crippen molar-refractivity contribution in [1.82, 2.24) is 4.90 Å². The lowest BCUT2D eigenvalue weighted by atomic mass is 9.93. The molecular weight excluding hydrogens is 224 g/mol. The quantitative estimate of drug-likeness (QED) is 0.776. The second-order valence-corrected chi connectivity index (χ2v) is 5.52. The van der Waals surface area contributed by atoms with E-state index < -0.39 is 5.60 Å². The van der Waals surface area contributed by atoms with Crippen LogP contribution in [0.25, 0.3) is 0 Å². The van der Waals surface area contributed by atoms with Crippen LogP contribution in [0.4, 0.5) is 0 Å². The first-order chi connectivity index (χ1) is 8.48. The Balaban J connectivity index is 2.65. The maximum absolute atomic E-state index is 10.7. The Kier molecular flexibility index (Phi) is 5.79. The van der Waals surface area contributed by atoms with E-state index >= 15 is 0 Å². The van der Waals surface area contributed by atoms with Crippen molar-refractivity contribution in [3.8, 4) is 0 Å². The molecule has 0 spiro atoms. The molecule has 0 heterocycles. The average Bonchev–Trinajstić information content (AvgIpc) is 2.37. The van der Waals surface area contributed by atoms with Gasteiger partial charge < -0.3 is 15.7 Å². The molecule has 1 atom stereocenters. The number of rotatable bonds is 7. The van der Waals surface area contributed by atoms with Gasteiger partial charge in [-0.25, -0.2) is 0 Å². The zero-order chi connectivity index (χ0) is 13.6. The van der Waals surface area contributed by atoms with E-state index in [0.29, 0.717) is 12.5 Å². The minimum atomic E-state index is -0.951. The van der Waals surface area contributed by atoms with Crippen molar-refractivity contribution >= 4 is 0 Å². The number of hydrogen-bond donors (Lipinski definition) is 2. The summed E-state index contributed by atoms with van der Waals surface area (Å²) in [6.07, 6.45) is 1.13. The van der Waals surface area contributed by atoms with Gasteiger partial charge in [-0.3, -0.25) is 0 Å². The molecule has 0 radical (unpaired) electrons. The van der Waals surface area contributed by atoms with E-state index in [1.165, 1.54) is 0 Å². The predicted octanol–water partition coefficient (Wildman–Crippen LogP) is 1.81. The summed E-state index contributed by atoms with van der Waals surface area (Å²) in [5.41, 5.74) is 5.71. The Morgan fingerprint density at radius 2 is 1.89 bits per heavy atom. The lowest BCUT2D eigenvalue weighted by Gasteiger charge is -2.32. The summed E-state index contributed by atoms with van der Waals surface area (Å²) in [4.78, 5) is 2.15. The summed E-state index contributed by atoms with van der Waals surface area (Å²) in [6.45, 7) is 6.20. The molecule has 18 heavy (non-hydrogen) atoms. The molecule has 0 saturated heterocycles. The molecule has 0 bridgehead atoms. The van der Waals surface area contributed by atoms with Gasteiger partial charge in [0.25, 0.3) is 0 Å². The molecule has 1 unspecified atom stereocenters. The van der Waals surface area contributed by atoms with Crippen LogP contribution >= 0.6 is 0 Å². The van der Waals surface area contributed by atoms with E-state index in [-0.39, 0.29) is 6.54 Å². The zero-order valence-corrected chi connectivity index (χ0v) is 11.8. The fourth-order valence-corrected chi connectivity index (χ4v) is 2.03. The van der Waals surface area contributed by atoms with Crippen molar-refractivity contribution in [2.75, 3.05) is 26.7 Å². The third kappa shape index (κ3) is 4.41. The molecule has 0 fully saturated rings. The Labute approximate surface area is 111 Å². The van der Waals surface area contributed by atoms with E-state index in [4.69, 9.17) is 5.73 Å². The topological polar surface area (TPSA) is 49.5 Å². The van der Waals surface area contributed by atoms with Gasteiger partial charge in [0.2, 0.25) is 0 Å². The maximum Gasteiger partial charge on any atom is 0.114 e. The van der Waals surface area contributed by atoms with Crippen LogP contribution in [0.5, 0.6) is 0 Å². The molecule has 102 valence electrons. The second kappa shape index (κ2) is 6.88. The number of benzene rings is 1. The lowest BCUT2D eigenvalue weighted by molar-refractivity contribution is 0.0130. The third-order valence-corrected chi connectivity index (χ3v) is 3.27. The molecule has 0 aliphatic rings. The normalized spacial score (nSPS) is 15.1. The molecule has 0 amide bonds.